The number of fused-ring (bicyclic) bond motifs is 1. The Bertz CT molecular complexity index is 513. The van der Waals surface area contributed by atoms with Crippen molar-refractivity contribution >= 4 is 23.3 Å². The predicted molar refractivity (Wildman–Crippen MR) is 55.2 cm³/mol. The molecule has 0 aliphatic heterocycles. The summed E-state index contributed by atoms with van der Waals surface area (Å²) in [5.74, 6) is 0. The van der Waals surface area contributed by atoms with Crippen molar-refractivity contribution in [2.24, 2.45) is 0 Å². The maximum atomic E-state index is 12.7. The number of hydrogen-bond donors (Lipinski definition) is 0. The zero-order valence-corrected chi connectivity index (χ0v) is 12.2. The van der Waals surface area contributed by atoms with Crippen LogP contribution in [-0.2, 0) is 0 Å². The van der Waals surface area contributed by atoms with Crippen molar-refractivity contribution in [1.29, 1.82) is 0 Å². The van der Waals surface area contributed by atoms with Gasteiger partial charge in [-0.2, -0.15) is 0 Å². The molecule has 78 valence electrons. The summed E-state index contributed by atoms with van der Waals surface area (Å²) in [4.78, 5) is 3.96. The second-order valence-corrected chi connectivity index (χ2v) is 3.45. The van der Waals surface area contributed by atoms with Gasteiger partial charge in [-0.3, -0.25) is 4.98 Å². The molecule has 1 nitrogen and oxygen atoms in total. The molecule has 0 saturated heterocycles. The first-order valence-corrected chi connectivity index (χ1v) is 4.54. The van der Waals surface area contributed by atoms with Gasteiger partial charge in [0.05, 0.1) is 5.52 Å². The third-order valence-corrected chi connectivity index (χ3v) is 2.36. The van der Waals surface area contributed by atoms with Crippen molar-refractivity contribution in [2.75, 3.05) is 0 Å². The van der Waals surface area contributed by atoms with Crippen molar-refractivity contribution in [2.45, 2.75) is 6.92 Å². The van der Waals surface area contributed by atoms with Crippen LogP contribution in [0.15, 0.2) is 30.5 Å². The molecule has 0 bridgehead atoms. The van der Waals surface area contributed by atoms with Crippen LogP contribution in [0.5, 0.6) is 0 Å². The maximum absolute atomic E-state index is 12.7. The number of hydrogen-bond acceptors (Lipinski definition) is 1. The van der Waals surface area contributed by atoms with E-state index in [4.69, 9.17) is 0 Å². The van der Waals surface area contributed by atoms with Crippen LogP contribution in [0.25, 0.3) is 10.9 Å². The van der Waals surface area contributed by atoms with Crippen LogP contribution in [-0.4, -0.2) is 12.0 Å². The molecule has 2 rings (SSSR count). The van der Waals surface area contributed by atoms with Gasteiger partial charge in [0.25, 0.3) is 0 Å². The Morgan fingerprint density at radius 1 is 1.12 bits per heavy atom. The van der Waals surface area contributed by atoms with E-state index in [9.17, 15) is 12.9 Å². The van der Waals surface area contributed by atoms with E-state index in [1.165, 1.54) is 24.4 Å². The Morgan fingerprint density at radius 3 is 2.44 bits per heavy atom. The van der Waals surface area contributed by atoms with Crippen molar-refractivity contribution < 1.29 is 64.3 Å². The van der Waals surface area contributed by atoms with Gasteiger partial charge >= 0.3 is 58.4 Å². The van der Waals surface area contributed by atoms with E-state index in [1.54, 1.807) is 6.92 Å². The monoisotopic (exact) mass is 249 g/mol. The van der Waals surface area contributed by atoms with E-state index in [0.29, 0.717) is 5.52 Å². The quantitative estimate of drug-likeness (QED) is 0.627. The SMILES string of the molecule is Cc1ccc([B-](F)(F)F)c2cccnc12.[K+]. The molecule has 0 N–H and O–H groups in total. The number of nitrogens with zero attached hydrogens (tertiary/aromatic N) is 1. The van der Waals surface area contributed by atoms with Crippen LogP contribution >= 0.6 is 0 Å². The molecule has 1 aromatic carbocycles. The van der Waals surface area contributed by atoms with Gasteiger partial charge in [0, 0.05) is 6.20 Å². The van der Waals surface area contributed by atoms with Gasteiger partial charge in [0.15, 0.2) is 0 Å². The number of pyridine rings is 1. The molecule has 1 aromatic heterocycles. The molecule has 0 spiro atoms. The minimum atomic E-state index is -4.97. The average molecular weight is 249 g/mol. The third kappa shape index (κ3) is 2.68. The molecule has 0 unspecified atom stereocenters. The molecule has 0 atom stereocenters. The number of aryl methyl sites for hydroxylation is 1. The molecule has 6 heteroatoms. The summed E-state index contributed by atoms with van der Waals surface area (Å²) in [6.07, 6.45) is 1.50. The fourth-order valence-electron chi connectivity index (χ4n) is 1.62. The fourth-order valence-corrected chi connectivity index (χ4v) is 1.62. The summed E-state index contributed by atoms with van der Waals surface area (Å²) in [6, 6.07) is 5.56. The number of halogens is 3. The van der Waals surface area contributed by atoms with Gasteiger partial charge < -0.3 is 12.9 Å². The van der Waals surface area contributed by atoms with Crippen LogP contribution in [0, 0.1) is 6.92 Å². The smallest absolute Gasteiger partial charge is 0.445 e. The number of benzene rings is 1. The molecule has 2 aromatic rings. The topological polar surface area (TPSA) is 12.9 Å². The minimum absolute atomic E-state index is 0. The summed E-state index contributed by atoms with van der Waals surface area (Å²) in [5, 5.41) is 0.185. The van der Waals surface area contributed by atoms with E-state index in [2.05, 4.69) is 4.98 Å². The Balaban J connectivity index is 0.00000128. The molecular formula is C10H8BF3KN. The van der Waals surface area contributed by atoms with Gasteiger partial charge in [0.1, 0.15) is 0 Å². The molecule has 1 heterocycles. The molecule has 16 heavy (non-hydrogen) atoms. The molecular weight excluding hydrogens is 241 g/mol. The Morgan fingerprint density at radius 2 is 1.81 bits per heavy atom. The second kappa shape index (κ2) is 5.18. The minimum Gasteiger partial charge on any atom is -0.445 e. The zero-order valence-electron chi connectivity index (χ0n) is 9.05. The molecule has 0 aliphatic carbocycles. The summed E-state index contributed by atoms with van der Waals surface area (Å²) in [7, 11) is 0. The maximum Gasteiger partial charge on any atom is 1.00 e. The van der Waals surface area contributed by atoms with E-state index in [1.807, 2.05) is 0 Å². The Labute approximate surface area is 134 Å². The largest absolute Gasteiger partial charge is 1.00 e. The van der Waals surface area contributed by atoms with E-state index in [0.717, 1.165) is 11.6 Å². The van der Waals surface area contributed by atoms with Gasteiger partial charge in [-0.15, -0.1) is 0 Å². The molecule has 0 saturated carbocycles. The second-order valence-electron chi connectivity index (χ2n) is 3.45. The summed E-state index contributed by atoms with van der Waals surface area (Å²) >= 11 is 0. The van der Waals surface area contributed by atoms with Crippen LogP contribution in [0.3, 0.4) is 0 Å². The van der Waals surface area contributed by atoms with Gasteiger partial charge in [-0.1, -0.05) is 23.7 Å². The first-order chi connectivity index (χ1) is 7.00. The van der Waals surface area contributed by atoms with E-state index < -0.39 is 12.4 Å². The zero-order chi connectivity index (χ0) is 11.1. The molecule has 0 radical (unpaired) electrons. The van der Waals surface area contributed by atoms with Crippen molar-refractivity contribution in [1.82, 2.24) is 4.98 Å². The van der Waals surface area contributed by atoms with Crippen LogP contribution in [0.1, 0.15) is 5.56 Å². The summed E-state index contributed by atoms with van der Waals surface area (Å²) in [6.45, 7) is -3.22. The molecule has 0 amide bonds. The van der Waals surface area contributed by atoms with E-state index in [-0.39, 0.29) is 56.8 Å². The fraction of sp³-hybridized carbons (Fsp3) is 0.100. The number of aromatic nitrogens is 1. The van der Waals surface area contributed by atoms with Crippen molar-refractivity contribution in [3.8, 4) is 0 Å². The summed E-state index contributed by atoms with van der Waals surface area (Å²) in [5.41, 5.74) is 0.618. The van der Waals surface area contributed by atoms with Gasteiger partial charge in [0.2, 0.25) is 0 Å². The van der Waals surface area contributed by atoms with Crippen LogP contribution < -0.4 is 56.8 Å². The Hall–Kier alpha value is 0.121. The first-order valence-electron chi connectivity index (χ1n) is 4.54. The van der Waals surface area contributed by atoms with Crippen LogP contribution in [0.2, 0.25) is 0 Å². The van der Waals surface area contributed by atoms with Gasteiger partial charge in [-0.25, -0.2) is 0 Å². The van der Waals surface area contributed by atoms with E-state index >= 15 is 0 Å². The Kier molecular flexibility index (Phi) is 4.59. The third-order valence-electron chi connectivity index (χ3n) is 2.36. The van der Waals surface area contributed by atoms with Crippen molar-refractivity contribution in [3.05, 3.63) is 36.0 Å². The first kappa shape index (κ1) is 14.2. The summed E-state index contributed by atoms with van der Waals surface area (Å²) < 4.78 is 38.1. The van der Waals surface area contributed by atoms with Crippen LogP contribution in [0.4, 0.5) is 12.9 Å². The molecule has 0 fully saturated rings. The molecule has 0 aliphatic rings. The normalized spacial score (nSPS) is 11.2. The van der Waals surface area contributed by atoms with Crippen molar-refractivity contribution in [3.63, 3.8) is 0 Å². The standard InChI is InChI=1S/C10H8BF3N.K/c1-7-4-5-9(11(12,13)14)8-3-2-6-15-10(7)8;/h2-6H,1H3;/q-1;+1. The van der Waals surface area contributed by atoms with Gasteiger partial charge in [-0.05, 0) is 23.9 Å². The predicted octanol–water partition coefficient (Wildman–Crippen LogP) is -0.398. The number of rotatable bonds is 1. The average Bonchev–Trinajstić information content (AvgIpc) is 2.17.